The second-order valence-corrected chi connectivity index (χ2v) is 17.7. The highest BCUT2D eigenvalue weighted by molar-refractivity contribution is 5.82. The molecule has 3 aromatic carbocycles. The van der Waals surface area contributed by atoms with Gasteiger partial charge in [-0.3, -0.25) is 24.2 Å². The van der Waals surface area contributed by atoms with E-state index in [1.807, 2.05) is 79.3 Å². The zero-order valence-electron chi connectivity index (χ0n) is 40.3. The summed E-state index contributed by atoms with van der Waals surface area (Å²) in [6.07, 6.45) is 3.33. The molecule has 71 heavy (non-hydrogen) atoms. The molecule has 5 aromatic rings. The Morgan fingerprint density at radius 3 is 1.87 bits per heavy atom. The fraction of sp³-hybridized carbons (Fsp3) is 0.340. The summed E-state index contributed by atoms with van der Waals surface area (Å²) in [6, 6.07) is 11.8. The van der Waals surface area contributed by atoms with E-state index in [0.717, 1.165) is 69.7 Å². The summed E-state index contributed by atoms with van der Waals surface area (Å²) in [7, 11) is 0. The second kappa shape index (κ2) is 20.8. The maximum Gasteiger partial charge on any atom is 0.349 e. The zero-order chi connectivity index (χ0) is 50.7. The van der Waals surface area contributed by atoms with E-state index in [2.05, 4.69) is 74.7 Å². The Labute approximate surface area is 405 Å². The Kier molecular flexibility index (Phi) is 14.4. The molecule has 0 aliphatic carbocycles. The number of nitrogens with one attached hydrogen (secondary N) is 5. The number of hydrogen-bond acceptors (Lipinski definition) is 16. The Morgan fingerprint density at radius 1 is 0.634 bits per heavy atom. The fourth-order valence-corrected chi connectivity index (χ4v) is 8.64. The number of anilines is 5. The molecular formula is C50H56N14O7. The predicted molar refractivity (Wildman–Crippen MR) is 272 cm³/mol. The highest BCUT2D eigenvalue weighted by Crippen LogP contribution is 2.39. The average Bonchev–Trinajstić information content (AvgIpc) is 3.30. The van der Waals surface area contributed by atoms with Crippen molar-refractivity contribution >= 4 is 70.2 Å². The molecule has 0 atom stereocenters. The number of carboxylic acids is 1. The largest absolute Gasteiger partial charge is 0.481 e. The van der Waals surface area contributed by atoms with Gasteiger partial charge in [0.15, 0.2) is 33.9 Å². The molecule has 2 aromatic heterocycles. The molecule has 0 bridgehead atoms. The number of carbonyl (C=O) groups is 1. The van der Waals surface area contributed by atoms with Gasteiger partial charge in [-0.1, -0.05) is 26.0 Å². The van der Waals surface area contributed by atoms with E-state index < -0.39 is 17.2 Å². The summed E-state index contributed by atoms with van der Waals surface area (Å²) in [5.74, 6) is 0.405. The summed E-state index contributed by atoms with van der Waals surface area (Å²) in [4.78, 5) is 98.6. The summed E-state index contributed by atoms with van der Waals surface area (Å²) < 4.78 is 1.86. The monoisotopic (exact) mass is 964 g/mol. The number of aliphatic hydroxyl groups is 1. The highest BCUT2D eigenvalue weighted by atomic mass is 16.4. The smallest absolute Gasteiger partial charge is 0.349 e. The molecule has 0 saturated carbocycles. The third-order valence-corrected chi connectivity index (χ3v) is 12.5. The van der Waals surface area contributed by atoms with Crippen molar-refractivity contribution in [1.29, 1.82) is 0 Å². The van der Waals surface area contributed by atoms with Crippen LogP contribution in [-0.2, 0) is 11.3 Å². The maximum atomic E-state index is 12.7. The van der Waals surface area contributed by atoms with E-state index in [-0.39, 0.29) is 57.3 Å². The molecule has 7 N–H and O–H groups in total. The quantitative estimate of drug-likeness (QED) is 0.0541. The Morgan fingerprint density at radius 2 is 1.21 bits per heavy atom. The number of carboxylic acid groups (broad SMARTS) is 1. The van der Waals surface area contributed by atoms with Crippen molar-refractivity contribution in [2.24, 2.45) is 9.98 Å². The van der Waals surface area contributed by atoms with E-state index in [9.17, 15) is 24.0 Å². The van der Waals surface area contributed by atoms with Crippen LogP contribution in [0.3, 0.4) is 0 Å². The van der Waals surface area contributed by atoms with Crippen LogP contribution >= 0.6 is 0 Å². The lowest BCUT2D eigenvalue weighted by Gasteiger charge is -2.29. The number of H-pyrrole nitrogens is 3. The van der Waals surface area contributed by atoms with Crippen LogP contribution in [0, 0.1) is 34.6 Å². The maximum absolute atomic E-state index is 12.7. The molecule has 4 aliphatic rings. The molecule has 0 fully saturated rings. The first-order chi connectivity index (χ1) is 34.0. The normalized spacial score (nSPS) is 12.3. The third-order valence-electron chi connectivity index (χ3n) is 12.5. The van der Waals surface area contributed by atoms with Crippen LogP contribution in [-0.4, -0.2) is 95.0 Å². The number of aryl methyl sites for hydroxylation is 5. The molecule has 4 aliphatic heterocycles. The minimum absolute atomic E-state index is 0.0194. The van der Waals surface area contributed by atoms with E-state index in [4.69, 9.17) is 10.2 Å². The summed E-state index contributed by atoms with van der Waals surface area (Å²) in [6.45, 7) is 20.6. The van der Waals surface area contributed by atoms with Gasteiger partial charge < -0.3 is 45.2 Å². The SMILES string of the molecule is C=c1nc2c(c(=O)[nH]1)=Nc1cc(C)c(C)cc1N2CCNCCn1c2nc(=O)[nH]c(=O)c-2nc2cc(C)c(C)cc21.C=c1nc2c(c(=O)[nH]1)=Nc1cc(C)c(NCCO)cc1N2CCCCCCC(=O)O. The van der Waals surface area contributed by atoms with Crippen molar-refractivity contribution in [3.05, 3.63) is 127 Å². The van der Waals surface area contributed by atoms with Crippen LogP contribution in [0.2, 0.25) is 0 Å². The number of aliphatic carboxylic acids is 1. The predicted octanol–water partition coefficient (Wildman–Crippen LogP) is 2.34. The third kappa shape index (κ3) is 10.6. The molecule has 0 spiro atoms. The molecular weight excluding hydrogens is 909 g/mol. The van der Waals surface area contributed by atoms with Crippen molar-refractivity contribution in [2.45, 2.75) is 73.3 Å². The first kappa shape index (κ1) is 49.3. The zero-order valence-corrected chi connectivity index (χ0v) is 40.3. The number of benzene rings is 3. The van der Waals surface area contributed by atoms with Crippen LogP contribution in [0.1, 0.15) is 59.9 Å². The van der Waals surface area contributed by atoms with Crippen molar-refractivity contribution in [2.75, 3.05) is 54.4 Å². The van der Waals surface area contributed by atoms with Gasteiger partial charge in [0.1, 0.15) is 11.0 Å². The molecule has 0 amide bonds. The lowest BCUT2D eigenvalue weighted by Crippen LogP contribution is -2.44. The lowest BCUT2D eigenvalue weighted by atomic mass is 10.1. The summed E-state index contributed by atoms with van der Waals surface area (Å²) >= 11 is 0. The average molecular weight is 965 g/mol. The van der Waals surface area contributed by atoms with Crippen molar-refractivity contribution in [1.82, 2.24) is 44.8 Å². The number of unbranched alkanes of at least 4 members (excludes halogenated alkanes) is 3. The Bertz CT molecular complexity index is 3680. The van der Waals surface area contributed by atoms with Crippen LogP contribution in [0.15, 0.2) is 65.6 Å². The summed E-state index contributed by atoms with van der Waals surface area (Å²) in [5.41, 5.74) is 9.43. The fourth-order valence-electron chi connectivity index (χ4n) is 8.64. The summed E-state index contributed by atoms with van der Waals surface area (Å²) in [5, 5.41) is 25.1. The highest BCUT2D eigenvalue weighted by Gasteiger charge is 2.26. The molecule has 0 unspecified atom stereocenters. The van der Waals surface area contributed by atoms with Gasteiger partial charge in [-0.2, -0.15) is 4.98 Å². The minimum Gasteiger partial charge on any atom is -0.481 e. The van der Waals surface area contributed by atoms with Gasteiger partial charge in [-0.25, -0.2) is 29.7 Å². The topological polar surface area (TPSA) is 285 Å². The first-order valence-electron chi connectivity index (χ1n) is 23.4. The number of fused-ring (bicyclic) bond motifs is 6. The Hall–Kier alpha value is -8.17. The van der Waals surface area contributed by atoms with Crippen molar-refractivity contribution in [3.63, 3.8) is 0 Å². The van der Waals surface area contributed by atoms with Gasteiger partial charge >= 0.3 is 11.7 Å². The van der Waals surface area contributed by atoms with Crippen LogP contribution < -0.4 is 64.5 Å². The van der Waals surface area contributed by atoms with Gasteiger partial charge in [-0.15, -0.1) is 0 Å². The molecule has 21 heteroatoms. The number of nitrogens with zero attached hydrogens (tertiary/aromatic N) is 9. The van der Waals surface area contributed by atoms with Gasteiger partial charge in [0.25, 0.3) is 16.7 Å². The number of hydrogen-bond donors (Lipinski definition) is 7. The van der Waals surface area contributed by atoms with Crippen molar-refractivity contribution < 1.29 is 15.0 Å². The lowest BCUT2D eigenvalue weighted by molar-refractivity contribution is -0.137. The van der Waals surface area contributed by atoms with E-state index >= 15 is 0 Å². The van der Waals surface area contributed by atoms with Gasteiger partial charge in [0.2, 0.25) is 0 Å². The van der Waals surface area contributed by atoms with Crippen LogP contribution in [0.5, 0.6) is 0 Å². The molecule has 0 saturated heterocycles. The Balaban J connectivity index is 0.000000201. The standard InChI is InChI=1S/C29H29N9O3.C21H27N5O4/c1-14-10-19-21(12-16(14)3)37(25-23(33-19)27(39)32-18(5)31-25)8-6-30-7-9-38-22-13-17(4)15(2)11-20(22)34-24-26(38)35-29(41)36-28(24)40;1-13-11-16-17(12-15(13)22-8-10-27)26(9-6-4-3-5-7-18(28)29)20-19(25-16)21(30)24-14(2)23-20/h10-13,30H,5-9H2,1-4H3,(H,32,39)(H,36,40,41);11-12,22,27H,2-10H2,1H3,(H,24,30)(H,28,29). The van der Waals surface area contributed by atoms with E-state index in [0.29, 0.717) is 74.2 Å². The molecule has 368 valence electrons. The first-order valence-corrected chi connectivity index (χ1v) is 23.4. The van der Waals surface area contributed by atoms with Gasteiger partial charge in [0, 0.05) is 51.4 Å². The molecule has 6 heterocycles. The van der Waals surface area contributed by atoms with Gasteiger partial charge in [0.05, 0.1) is 40.4 Å². The van der Waals surface area contributed by atoms with Gasteiger partial charge in [-0.05, 0) is 112 Å². The molecule has 21 nitrogen and oxygen atoms in total. The van der Waals surface area contributed by atoms with Crippen molar-refractivity contribution in [3.8, 4) is 11.5 Å². The van der Waals surface area contributed by atoms with Crippen LogP contribution in [0.4, 0.5) is 40.1 Å². The van der Waals surface area contributed by atoms with Crippen LogP contribution in [0.25, 0.3) is 35.7 Å². The number of aromatic amines is 3. The molecule has 9 rings (SSSR count). The molecule has 0 radical (unpaired) electrons. The number of aliphatic hydroxyl groups excluding tert-OH is 1. The second-order valence-electron chi connectivity index (χ2n) is 17.7. The van der Waals surface area contributed by atoms with E-state index in [1.165, 1.54) is 0 Å². The number of rotatable bonds is 16. The van der Waals surface area contributed by atoms with E-state index in [1.54, 1.807) is 0 Å². The number of aromatic nitrogens is 8. The minimum atomic E-state index is -0.778.